The van der Waals surface area contributed by atoms with Crippen LogP contribution in [-0.4, -0.2) is 26.2 Å². The van der Waals surface area contributed by atoms with E-state index < -0.39 is 0 Å². The molecule has 0 amide bonds. The van der Waals surface area contributed by atoms with Crippen molar-refractivity contribution in [2.75, 3.05) is 0 Å². The molecule has 5 heteroatoms. The van der Waals surface area contributed by atoms with E-state index in [-0.39, 0.29) is 0 Å². The second-order valence-corrected chi connectivity index (χ2v) is 3.29. The Morgan fingerprint density at radius 3 is 2.73 bits per heavy atom. The second kappa shape index (κ2) is 2.91. The van der Waals surface area contributed by atoms with Crippen molar-refractivity contribution in [2.24, 2.45) is 0 Å². The Labute approximate surface area is 84.9 Å². The fourth-order valence-corrected chi connectivity index (χ4v) is 1.72. The number of carbonyl (C=O) groups excluding carboxylic acids is 1. The van der Waals surface area contributed by atoms with E-state index in [2.05, 4.69) is 19.9 Å². The summed E-state index contributed by atoms with van der Waals surface area (Å²) in [6.07, 6.45) is 6.02. The van der Waals surface area contributed by atoms with Crippen LogP contribution in [-0.2, 0) is 11.2 Å². The zero-order valence-electron chi connectivity index (χ0n) is 7.71. The van der Waals surface area contributed by atoms with Gasteiger partial charge in [0, 0.05) is 6.42 Å². The van der Waals surface area contributed by atoms with Gasteiger partial charge in [-0.3, -0.25) is 4.79 Å². The van der Waals surface area contributed by atoms with E-state index in [1.54, 1.807) is 6.08 Å². The van der Waals surface area contributed by atoms with Crippen molar-refractivity contribution < 1.29 is 4.79 Å². The molecule has 0 N–H and O–H groups in total. The largest absolute Gasteiger partial charge is 0.298 e. The first-order valence-corrected chi connectivity index (χ1v) is 4.49. The molecule has 72 valence electrons. The highest BCUT2D eigenvalue weighted by atomic mass is 16.1. The zero-order chi connectivity index (χ0) is 10.3. The van der Waals surface area contributed by atoms with Gasteiger partial charge in [-0.05, 0) is 11.6 Å². The highest BCUT2D eigenvalue weighted by Gasteiger charge is 2.16. The Balaban J connectivity index is 2.42. The van der Waals surface area contributed by atoms with Crippen molar-refractivity contribution in [3.63, 3.8) is 0 Å². The van der Waals surface area contributed by atoms with Crippen LogP contribution in [0.4, 0.5) is 0 Å². The third-order valence-corrected chi connectivity index (χ3v) is 2.38. The van der Waals surface area contributed by atoms with E-state index in [4.69, 9.17) is 0 Å². The van der Waals surface area contributed by atoms with Crippen LogP contribution in [0.2, 0.25) is 0 Å². The molecule has 0 saturated heterocycles. The quantitative estimate of drug-likeness (QED) is 0.626. The minimum Gasteiger partial charge on any atom is -0.298 e. The molecule has 1 aliphatic rings. The van der Waals surface area contributed by atoms with E-state index in [9.17, 15) is 4.79 Å². The molecule has 0 aliphatic heterocycles. The summed E-state index contributed by atoms with van der Waals surface area (Å²) >= 11 is 0. The van der Waals surface area contributed by atoms with Crippen LogP contribution in [0.25, 0.3) is 17.1 Å². The predicted molar refractivity (Wildman–Crippen MR) is 52.9 cm³/mol. The molecule has 0 atom stereocenters. The number of allylic oxidation sites excluding steroid dienone is 1. The molecule has 1 aliphatic carbocycles. The summed E-state index contributed by atoms with van der Waals surface area (Å²) in [5.74, 6) is 0. The van der Waals surface area contributed by atoms with Crippen LogP contribution < -0.4 is 0 Å². The topological polar surface area (TPSA) is 68.6 Å². The maximum atomic E-state index is 10.7. The van der Waals surface area contributed by atoms with Gasteiger partial charge in [0.2, 0.25) is 0 Å². The molecule has 5 nitrogen and oxygen atoms in total. The van der Waals surface area contributed by atoms with Crippen molar-refractivity contribution in [3.8, 4) is 0 Å². The first-order chi connectivity index (χ1) is 7.38. The van der Waals surface area contributed by atoms with Gasteiger partial charge in [-0.15, -0.1) is 0 Å². The molecule has 2 heterocycles. The fraction of sp³-hybridized carbons (Fsp3) is 0.100. The Kier molecular flexibility index (Phi) is 1.58. The summed E-state index contributed by atoms with van der Waals surface area (Å²) in [6.45, 7) is 0. The van der Waals surface area contributed by atoms with Crippen LogP contribution in [0.5, 0.6) is 0 Å². The number of rotatable bonds is 1. The SMILES string of the molecule is O=CC1=Cc2ncnc3ncnc(c23)C1. The molecule has 0 unspecified atom stereocenters. The lowest BCUT2D eigenvalue weighted by Gasteiger charge is -2.11. The van der Waals surface area contributed by atoms with Crippen LogP contribution in [0.3, 0.4) is 0 Å². The Morgan fingerprint density at radius 1 is 1.13 bits per heavy atom. The summed E-state index contributed by atoms with van der Waals surface area (Å²) < 4.78 is 0. The van der Waals surface area contributed by atoms with E-state index in [1.165, 1.54) is 12.7 Å². The van der Waals surface area contributed by atoms with Gasteiger partial charge >= 0.3 is 0 Å². The number of hydrogen-bond donors (Lipinski definition) is 0. The van der Waals surface area contributed by atoms with Crippen LogP contribution in [0.1, 0.15) is 11.4 Å². The average molecular weight is 198 g/mol. The smallest absolute Gasteiger partial charge is 0.166 e. The highest BCUT2D eigenvalue weighted by Crippen LogP contribution is 2.24. The van der Waals surface area contributed by atoms with Gasteiger partial charge in [-0.1, -0.05) is 0 Å². The molecule has 0 spiro atoms. The minimum atomic E-state index is 0.531. The zero-order valence-corrected chi connectivity index (χ0v) is 7.71. The summed E-state index contributed by atoms with van der Waals surface area (Å²) in [4.78, 5) is 27.1. The summed E-state index contributed by atoms with van der Waals surface area (Å²) in [5, 5.41) is 0.852. The molecule has 2 aromatic heterocycles. The third kappa shape index (κ3) is 1.13. The number of nitrogens with zero attached hydrogens (tertiary/aromatic N) is 4. The highest BCUT2D eigenvalue weighted by molar-refractivity contribution is 5.94. The molecule has 0 aromatic carbocycles. The molecule has 0 radical (unpaired) electrons. The maximum absolute atomic E-state index is 10.7. The lowest BCUT2D eigenvalue weighted by molar-refractivity contribution is -0.104. The number of carbonyl (C=O) groups is 1. The summed E-state index contributed by atoms with van der Waals surface area (Å²) in [7, 11) is 0. The van der Waals surface area contributed by atoms with E-state index in [0.29, 0.717) is 17.6 Å². The van der Waals surface area contributed by atoms with Gasteiger partial charge < -0.3 is 0 Å². The molecule has 0 fully saturated rings. The molecule has 3 rings (SSSR count). The first-order valence-electron chi connectivity index (χ1n) is 4.49. The Bertz CT molecular complexity index is 586. The van der Waals surface area contributed by atoms with Crippen molar-refractivity contribution in [1.82, 2.24) is 19.9 Å². The standard InChI is InChI=1S/C10H6N4O/c15-3-6-1-7-9-8(2-6)12-5-14-10(9)13-4-11-7/h1,3-5H,2H2. The molecule has 0 bridgehead atoms. The molecular weight excluding hydrogens is 192 g/mol. The summed E-state index contributed by atoms with van der Waals surface area (Å²) in [6, 6.07) is 0. The van der Waals surface area contributed by atoms with Gasteiger partial charge in [0.25, 0.3) is 0 Å². The van der Waals surface area contributed by atoms with Crippen LogP contribution in [0, 0.1) is 0 Å². The molecule has 2 aromatic rings. The normalized spacial score (nSPS) is 13.7. The average Bonchev–Trinajstić information content (AvgIpc) is 2.29. The fourth-order valence-electron chi connectivity index (χ4n) is 1.72. The van der Waals surface area contributed by atoms with E-state index >= 15 is 0 Å². The monoisotopic (exact) mass is 198 g/mol. The van der Waals surface area contributed by atoms with Crippen LogP contribution in [0.15, 0.2) is 18.2 Å². The van der Waals surface area contributed by atoms with Crippen molar-refractivity contribution in [2.45, 2.75) is 6.42 Å². The lowest BCUT2D eigenvalue weighted by Crippen LogP contribution is -2.05. The Hall–Kier alpha value is -2.17. The Morgan fingerprint density at radius 2 is 1.93 bits per heavy atom. The van der Waals surface area contributed by atoms with Gasteiger partial charge in [0.1, 0.15) is 18.9 Å². The van der Waals surface area contributed by atoms with Gasteiger partial charge in [0.05, 0.1) is 16.8 Å². The number of aldehydes is 1. The van der Waals surface area contributed by atoms with Gasteiger partial charge in [0.15, 0.2) is 5.65 Å². The van der Waals surface area contributed by atoms with E-state index in [0.717, 1.165) is 23.1 Å². The lowest BCUT2D eigenvalue weighted by atomic mass is 10.0. The first kappa shape index (κ1) is 8.16. The molecule has 15 heavy (non-hydrogen) atoms. The van der Waals surface area contributed by atoms with Crippen molar-refractivity contribution in [1.29, 1.82) is 0 Å². The van der Waals surface area contributed by atoms with Gasteiger partial charge in [-0.2, -0.15) is 0 Å². The molecule has 0 saturated carbocycles. The third-order valence-electron chi connectivity index (χ3n) is 2.38. The van der Waals surface area contributed by atoms with Crippen molar-refractivity contribution in [3.05, 3.63) is 29.6 Å². The van der Waals surface area contributed by atoms with E-state index in [1.807, 2.05) is 0 Å². The minimum absolute atomic E-state index is 0.531. The number of hydrogen-bond acceptors (Lipinski definition) is 5. The van der Waals surface area contributed by atoms with Gasteiger partial charge in [-0.25, -0.2) is 19.9 Å². The second-order valence-electron chi connectivity index (χ2n) is 3.29. The van der Waals surface area contributed by atoms with Crippen molar-refractivity contribution >= 4 is 23.4 Å². The summed E-state index contributed by atoms with van der Waals surface area (Å²) in [5.41, 5.74) is 2.86. The maximum Gasteiger partial charge on any atom is 0.166 e. The predicted octanol–water partition coefficient (Wildman–Crippen LogP) is 0.558. The van der Waals surface area contributed by atoms with Crippen LogP contribution >= 0.6 is 0 Å². The molecular formula is C10H6N4O. The number of aromatic nitrogens is 4.